The summed E-state index contributed by atoms with van der Waals surface area (Å²) >= 11 is 0. The molecule has 0 aliphatic heterocycles. The van der Waals surface area contributed by atoms with Crippen LogP contribution >= 0.6 is 0 Å². The molecule has 0 radical (unpaired) electrons. The lowest BCUT2D eigenvalue weighted by atomic mass is 10.2. The van der Waals surface area contributed by atoms with Gasteiger partial charge >= 0.3 is 5.82 Å². The Balaban J connectivity index is 2.09. The normalized spacial score (nSPS) is 10.2. The lowest BCUT2D eigenvalue weighted by molar-refractivity contribution is -0.389. The first kappa shape index (κ1) is 14.9. The van der Waals surface area contributed by atoms with Gasteiger partial charge in [0.1, 0.15) is 12.3 Å². The van der Waals surface area contributed by atoms with Gasteiger partial charge in [0, 0.05) is 12.1 Å². The van der Waals surface area contributed by atoms with Crippen molar-refractivity contribution in [1.29, 1.82) is 0 Å². The average Bonchev–Trinajstić information content (AvgIpc) is 2.89. The molecule has 0 unspecified atom stereocenters. The number of nitro benzene ring substituents is 1. The maximum Gasteiger partial charge on any atom is 0.389 e. The Bertz CT molecular complexity index is 755. The molecule has 11 nitrogen and oxygen atoms in total. The molecule has 2 aromatic rings. The highest BCUT2D eigenvalue weighted by Crippen LogP contribution is 2.27. The Morgan fingerprint density at radius 3 is 2.59 bits per heavy atom. The topological polar surface area (TPSA) is 153 Å². The molecule has 1 heterocycles. The Labute approximate surface area is 122 Å². The fourth-order valence-electron chi connectivity index (χ4n) is 1.61. The van der Waals surface area contributed by atoms with Crippen molar-refractivity contribution in [3.05, 3.63) is 50.7 Å². The molecule has 0 saturated carbocycles. The van der Waals surface area contributed by atoms with Crippen LogP contribution in [0, 0.1) is 20.2 Å². The highest BCUT2D eigenvalue weighted by atomic mass is 16.6. The molecule has 1 aromatic carbocycles. The van der Waals surface area contributed by atoms with E-state index in [0.717, 1.165) is 28.9 Å². The molecule has 0 saturated heterocycles. The van der Waals surface area contributed by atoms with Crippen molar-refractivity contribution >= 4 is 23.1 Å². The number of non-ortho nitro benzene ring substituents is 1. The predicted molar refractivity (Wildman–Crippen MR) is 72.3 cm³/mol. The van der Waals surface area contributed by atoms with Crippen LogP contribution in [-0.2, 0) is 11.3 Å². The molecule has 0 aliphatic carbocycles. The molecule has 0 atom stereocenters. The largest absolute Gasteiger partial charge is 0.506 e. The fourth-order valence-corrected chi connectivity index (χ4v) is 1.61. The number of nitrogens with one attached hydrogen (secondary N) is 1. The number of rotatable bonds is 5. The summed E-state index contributed by atoms with van der Waals surface area (Å²) in [6, 6.07) is 4.28. The van der Waals surface area contributed by atoms with Crippen LogP contribution in [0.1, 0.15) is 0 Å². The van der Waals surface area contributed by atoms with E-state index in [2.05, 4.69) is 10.4 Å². The molecule has 1 aromatic heterocycles. The quantitative estimate of drug-likeness (QED) is 0.475. The van der Waals surface area contributed by atoms with Gasteiger partial charge in [-0.05, 0) is 11.0 Å². The monoisotopic (exact) mass is 307 g/mol. The van der Waals surface area contributed by atoms with Gasteiger partial charge in [-0.15, -0.1) is 0 Å². The number of hydrogen-bond donors (Lipinski definition) is 2. The standard InChI is InChI=1S/C11H9N5O6/c17-9-2-1-7(15(19)20)5-8(9)12-11(18)6-14-4-3-10(13-14)16(21)22/h1-5,17H,6H2,(H,12,18). The second-order valence-corrected chi connectivity index (χ2v) is 4.14. The number of aromatic nitrogens is 2. The van der Waals surface area contributed by atoms with Gasteiger partial charge in [0.2, 0.25) is 5.91 Å². The highest BCUT2D eigenvalue weighted by Gasteiger charge is 2.16. The fraction of sp³-hybridized carbons (Fsp3) is 0.0909. The van der Waals surface area contributed by atoms with Gasteiger partial charge < -0.3 is 20.5 Å². The summed E-state index contributed by atoms with van der Waals surface area (Å²) in [4.78, 5) is 31.5. The van der Waals surface area contributed by atoms with Crippen LogP contribution in [0.25, 0.3) is 0 Å². The third-order valence-electron chi connectivity index (χ3n) is 2.58. The molecule has 11 heteroatoms. The number of benzene rings is 1. The Morgan fingerprint density at radius 1 is 1.27 bits per heavy atom. The summed E-state index contributed by atoms with van der Waals surface area (Å²) in [6.07, 6.45) is 1.24. The minimum Gasteiger partial charge on any atom is -0.506 e. The summed E-state index contributed by atoms with van der Waals surface area (Å²) in [7, 11) is 0. The van der Waals surface area contributed by atoms with Crippen LogP contribution in [0.5, 0.6) is 5.75 Å². The molecule has 0 aliphatic rings. The van der Waals surface area contributed by atoms with Gasteiger partial charge in [0.15, 0.2) is 0 Å². The number of amides is 1. The van der Waals surface area contributed by atoms with Crippen molar-refractivity contribution in [2.24, 2.45) is 0 Å². The van der Waals surface area contributed by atoms with E-state index in [1.807, 2.05) is 0 Å². The number of phenolic OH excluding ortho intramolecular Hbond substituents is 1. The second kappa shape index (κ2) is 5.87. The summed E-state index contributed by atoms with van der Waals surface area (Å²) in [5.41, 5.74) is -0.441. The number of nitrogens with zero attached hydrogens (tertiary/aromatic N) is 4. The molecule has 22 heavy (non-hydrogen) atoms. The Morgan fingerprint density at radius 2 is 2.00 bits per heavy atom. The van der Waals surface area contributed by atoms with Gasteiger partial charge in [-0.25, -0.2) is 0 Å². The molecule has 2 rings (SSSR count). The molecule has 0 fully saturated rings. The van der Waals surface area contributed by atoms with E-state index in [-0.39, 0.29) is 23.7 Å². The van der Waals surface area contributed by atoms with E-state index < -0.39 is 21.6 Å². The Hall–Kier alpha value is -3.50. The predicted octanol–water partition coefficient (Wildman–Crippen LogP) is 1.04. The molecular weight excluding hydrogens is 298 g/mol. The van der Waals surface area contributed by atoms with Gasteiger partial charge in [-0.2, -0.15) is 4.68 Å². The summed E-state index contributed by atoms with van der Waals surface area (Å²) in [5.74, 6) is -1.41. The van der Waals surface area contributed by atoms with Crippen LogP contribution in [0.2, 0.25) is 0 Å². The van der Waals surface area contributed by atoms with Crippen molar-refractivity contribution in [1.82, 2.24) is 9.78 Å². The zero-order valence-electron chi connectivity index (χ0n) is 10.9. The SMILES string of the molecule is O=C(Cn1ccc([N+](=O)[O-])n1)Nc1cc([N+](=O)[O-])ccc1O. The molecule has 0 bridgehead atoms. The maximum atomic E-state index is 11.8. The zero-order valence-corrected chi connectivity index (χ0v) is 10.9. The highest BCUT2D eigenvalue weighted by molar-refractivity contribution is 5.92. The van der Waals surface area contributed by atoms with Crippen molar-refractivity contribution < 1.29 is 19.7 Å². The molecule has 0 spiro atoms. The summed E-state index contributed by atoms with van der Waals surface area (Å²) < 4.78 is 1.03. The second-order valence-electron chi connectivity index (χ2n) is 4.14. The third kappa shape index (κ3) is 3.33. The Kier molecular flexibility index (Phi) is 3.97. The number of anilines is 1. The van der Waals surface area contributed by atoms with Gasteiger partial charge in [0.25, 0.3) is 5.69 Å². The number of phenols is 1. The first-order valence-electron chi connectivity index (χ1n) is 5.82. The van der Waals surface area contributed by atoms with Gasteiger partial charge in [-0.3, -0.25) is 14.9 Å². The van der Waals surface area contributed by atoms with Crippen LogP contribution in [0.4, 0.5) is 17.2 Å². The van der Waals surface area contributed by atoms with Gasteiger partial charge in [0.05, 0.1) is 28.0 Å². The molecule has 2 N–H and O–H groups in total. The number of hydrogen-bond acceptors (Lipinski definition) is 7. The van der Waals surface area contributed by atoms with Crippen LogP contribution < -0.4 is 5.32 Å². The summed E-state index contributed by atoms with van der Waals surface area (Å²) in [5, 5.41) is 36.5. The molecule has 114 valence electrons. The van der Waals surface area contributed by atoms with Crippen LogP contribution in [0.15, 0.2) is 30.5 Å². The number of nitro groups is 2. The lowest BCUT2D eigenvalue weighted by Crippen LogP contribution is -2.19. The smallest absolute Gasteiger partial charge is 0.389 e. The first-order chi connectivity index (χ1) is 10.4. The lowest BCUT2D eigenvalue weighted by Gasteiger charge is -2.06. The third-order valence-corrected chi connectivity index (χ3v) is 2.58. The van der Waals surface area contributed by atoms with E-state index in [1.54, 1.807) is 0 Å². The maximum absolute atomic E-state index is 11.8. The van der Waals surface area contributed by atoms with E-state index in [1.165, 1.54) is 6.20 Å². The van der Waals surface area contributed by atoms with Crippen LogP contribution in [-0.4, -0.2) is 30.6 Å². The summed E-state index contributed by atoms with van der Waals surface area (Å²) in [6.45, 7) is -0.351. The van der Waals surface area contributed by atoms with E-state index in [9.17, 15) is 30.1 Å². The first-order valence-corrected chi connectivity index (χ1v) is 5.82. The zero-order chi connectivity index (χ0) is 16.3. The van der Waals surface area contributed by atoms with Crippen molar-refractivity contribution in [3.63, 3.8) is 0 Å². The van der Waals surface area contributed by atoms with E-state index >= 15 is 0 Å². The van der Waals surface area contributed by atoms with Crippen molar-refractivity contribution in [2.45, 2.75) is 6.54 Å². The van der Waals surface area contributed by atoms with Crippen molar-refractivity contribution in [3.8, 4) is 5.75 Å². The van der Waals surface area contributed by atoms with Crippen molar-refractivity contribution in [2.75, 3.05) is 5.32 Å². The average molecular weight is 307 g/mol. The minimum atomic E-state index is -0.708. The molecular formula is C11H9N5O6. The van der Waals surface area contributed by atoms with Gasteiger partial charge in [-0.1, -0.05) is 0 Å². The van der Waals surface area contributed by atoms with Crippen LogP contribution in [0.3, 0.4) is 0 Å². The van der Waals surface area contributed by atoms with E-state index in [4.69, 9.17) is 0 Å². The number of aromatic hydroxyl groups is 1. The minimum absolute atomic E-state index is 0.138. The molecule has 1 amide bonds. The number of carbonyl (C=O) groups is 1. The van der Waals surface area contributed by atoms with E-state index in [0.29, 0.717) is 0 Å². The number of carbonyl (C=O) groups excluding carboxylic acids is 1.